The first kappa shape index (κ1) is 15.0. The molecule has 1 aromatic rings. The van der Waals surface area contributed by atoms with Crippen molar-refractivity contribution in [1.82, 2.24) is 0 Å². The second-order valence-electron chi connectivity index (χ2n) is 4.04. The van der Waals surface area contributed by atoms with Gasteiger partial charge in [0.25, 0.3) is 0 Å². The van der Waals surface area contributed by atoms with Crippen LogP contribution >= 0.6 is 11.8 Å². The van der Waals surface area contributed by atoms with Crippen LogP contribution in [0.25, 0.3) is 0 Å². The summed E-state index contributed by atoms with van der Waals surface area (Å²) in [5.74, 6) is -0.113. The van der Waals surface area contributed by atoms with Crippen molar-refractivity contribution >= 4 is 16.8 Å². The molecule has 0 bridgehead atoms. The number of nitrogens with zero attached hydrogens (tertiary/aromatic N) is 1. The summed E-state index contributed by atoms with van der Waals surface area (Å²) in [5, 5.41) is 1.08. The number of thioether (sulfide) groups is 1. The number of benzene rings is 1. The van der Waals surface area contributed by atoms with E-state index in [-0.39, 0.29) is 29.8 Å². The topological polar surface area (TPSA) is 3.01 Å². The Morgan fingerprint density at radius 1 is 1.18 bits per heavy atom. The molecule has 0 spiro atoms. The predicted molar refractivity (Wildman–Crippen MR) is 67.9 cm³/mol. The normalized spacial score (nSPS) is 15.3. The van der Waals surface area contributed by atoms with E-state index in [1.165, 1.54) is 25.3 Å². The van der Waals surface area contributed by atoms with E-state index in [0.717, 1.165) is 23.7 Å². The molecule has 1 saturated heterocycles. The minimum atomic E-state index is -0.113. The lowest BCUT2D eigenvalue weighted by Gasteiger charge is -2.13. The second-order valence-corrected chi connectivity index (χ2v) is 4.83. The van der Waals surface area contributed by atoms with Gasteiger partial charge in [0.15, 0.2) is 0 Å². The van der Waals surface area contributed by atoms with Crippen LogP contribution in [0.15, 0.2) is 24.3 Å². The predicted octanol–water partition coefficient (Wildman–Crippen LogP) is 0.136. The third-order valence-electron chi connectivity index (χ3n) is 2.94. The van der Waals surface area contributed by atoms with Gasteiger partial charge in [0.2, 0.25) is 5.04 Å². The summed E-state index contributed by atoms with van der Waals surface area (Å²) in [6.07, 6.45) is 5.77. The molecule has 4 heteroatoms. The van der Waals surface area contributed by atoms with E-state index in [9.17, 15) is 4.39 Å². The fraction of sp³-hybridized carbons (Fsp3) is 0.462. The molecule has 1 aliphatic rings. The van der Waals surface area contributed by atoms with Crippen LogP contribution in [0.1, 0.15) is 24.8 Å². The van der Waals surface area contributed by atoms with Crippen molar-refractivity contribution < 1.29 is 32.9 Å². The first-order chi connectivity index (χ1) is 7.83. The van der Waals surface area contributed by atoms with Crippen LogP contribution in [0.3, 0.4) is 0 Å². The molecule has 0 N–H and O–H groups in total. The molecule has 0 atom stereocenters. The highest BCUT2D eigenvalue weighted by atomic mass is 127. The largest absolute Gasteiger partial charge is 1.00 e. The van der Waals surface area contributed by atoms with Crippen molar-refractivity contribution in [2.24, 2.45) is 0 Å². The number of rotatable bonds is 1. The minimum absolute atomic E-state index is 0. The van der Waals surface area contributed by atoms with Gasteiger partial charge in [-0.25, -0.2) is 8.97 Å². The highest BCUT2D eigenvalue weighted by Gasteiger charge is 2.21. The van der Waals surface area contributed by atoms with Gasteiger partial charge >= 0.3 is 0 Å². The Labute approximate surface area is 124 Å². The van der Waals surface area contributed by atoms with Gasteiger partial charge in [0.05, 0.1) is 5.56 Å². The van der Waals surface area contributed by atoms with E-state index in [2.05, 4.69) is 4.58 Å². The van der Waals surface area contributed by atoms with Gasteiger partial charge in [-0.1, -0.05) is 23.9 Å². The summed E-state index contributed by atoms with van der Waals surface area (Å²) in [7, 11) is 0. The molecule has 1 nitrogen and oxygen atoms in total. The first-order valence-corrected chi connectivity index (χ1v) is 6.96. The molecule has 1 aliphatic heterocycles. The molecule has 0 aromatic heterocycles. The van der Waals surface area contributed by atoms with Crippen molar-refractivity contribution in [1.29, 1.82) is 0 Å². The fourth-order valence-corrected chi connectivity index (χ4v) is 2.97. The fourth-order valence-electron chi connectivity index (χ4n) is 2.14. The van der Waals surface area contributed by atoms with Crippen molar-refractivity contribution in [3.05, 3.63) is 35.6 Å². The molecule has 0 saturated carbocycles. The third-order valence-corrected chi connectivity index (χ3v) is 3.81. The van der Waals surface area contributed by atoms with Crippen LogP contribution in [-0.2, 0) is 0 Å². The smallest absolute Gasteiger partial charge is 0.244 e. The maximum Gasteiger partial charge on any atom is 0.244 e. The molecule has 17 heavy (non-hydrogen) atoms. The lowest BCUT2D eigenvalue weighted by Crippen LogP contribution is -3.00. The zero-order chi connectivity index (χ0) is 11.4. The molecule has 1 fully saturated rings. The van der Waals surface area contributed by atoms with Gasteiger partial charge in [-0.15, -0.1) is 0 Å². The highest BCUT2D eigenvalue weighted by Crippen LogP contribution is 2.17. The van der Waals surface area contributed by atoms with Crippen LogP contribution in [-0.4, -0.2) is 29.0 Å². The molecular formula is C13H17FINS. The maximum absolute atomic E-state index is 13.7. The van der Waals surface area contributed by atoms with Gasteiger partial charge in [-0.2, -0.15) is 0 Å². The SMILES string of the molecule is CSC(c1ccccc1F)=[N+]1CCCCC1.[I-]. The van der Waals surface area contributed by atoms with E-state index >= 15 is 0 Å². The Morgan fingerprint density at radius 2 is 1.82 bits per heavy atom. The zero-order valence-corrected chi connectivity index (χ0v) is 12.9. The number of halogens is 2. The summed E-state index contributed by atoms with van der Waals surface area (Å²) < 4.78 is 16.0. The molecule has 0 amide bonds. The summed E-state index contributed by atoms with van der Waals surface area (Å²) in [5.41, 5.74) is 0.747. The number of hydrogen-bond acceptors (Lipinski definition) is 1. The van der Waals surface area contributed by atoms with Crippen LogP contribution in [0.2, 0.25) is 0 Å². The summed E-state index contributed by atoms with van der Waals surface area (Å²) in [6.45, 7) is 2.12. The molecular weight excluding hydrogens is 348 g/mol. The summed E-state index contributed by atoms with van der Waals surface area (Å²) >= 11 is 1.65. The van der Waals surface area contributed by atoms with Gasteiger partial charge in [0, 0.05) is 12.8 Å². The molecule has 1 heterocycles. The van der Waals surface area contributed by atoms with Crippen molar-refractivity contribution in [2.45, 2.75) is 19.3 Å². The van der Waals surface area contributed by atoms with Gasteiger partial charge in [-0.3, -0.25) is 0 Å². The summed E-state index contributed by atoms with van der Waals surface area (Å²) in [6, 6.07) is 7.05. The van der Waals surface area contributed by atoms with Gasteiger partial charge in [-0.05, 0) is 24.8 Å². The number of piperidine rings is 1. The molecule has 0 aliphatic carbocycles. The molecule has 0 unspecified atom stereocenters. The van der Waals surface area contributed by atoms with Gasteiger partial charge in [0.1, 0.15) is 18.9 Å². The van der Waals surface area contributed by atoms with Crippen LogP contribution in [0, 0.1) is 5.82 Å². The van der Waals surface area contributed by atoms with E-state index < -0.39 is 0 Å². The van der Waals surface area contributed by atoms with Crippen molar-refractivity contribution in [3.8, 4) is 0 Å². The van der Waals surface area contributed by atoms with Gasteiger partial charge < -0.3 is 24.0 Å². The zero-order valence-electron chi connectivity index (χ0n) is 9.96. The first-order valence-electron chi connectivity index (χ1n) is 5.73. The van der Waals surface area contributed by atoms with E-state index in [1.54, 1.807) is 17.8 Å². The Kier molecular flexibility index (Phi) is 6.48. The van der Waals surface area contributed by atoms with Crippen LogP contribution in [0.4, 0.5) is 4.39 Å². The second kappa shape index (κ2) is 7.36. The quantitative estimate of drug-likeness (QED) is 0.389. The molecule has 1 aromatic carbocycles. The Balaban J connectivity index is 0.00000144. The lowest BCUT2D eigenvalue weighted by molar-refractivity contribution is -0.534. The average Bonchev–Trinajstić information content (AvgIpc) is 2.34. The highest BCUT2D eigenvalue weighted by molar-refractivity contribution is 8.13. The Hall–Kier alpha value is -0.100. The summed E-state index contributed by atoms with van der Waals surface area (Å²) in [4.78, 5) is 0. The molecule has 2 rings (SSSR count). The average molecular weight is 365 g/mol. The van der Waals surface area contributed by atoms with Crippen molar-refractivity contribution in [2.75, 3.05) is 19.3 Å². The lowest BCUT2D eigenvalue weighted by atomic mass is 10.1. The third kappa shape index (κ3) is 3.68. The van der Waals surface area contributed by atoms with Crippen LogP contribution < -0.4 is 24.0 Å². The maximum atomic E-state index is 13.7. The van der Waals surface area contributed by atoms with Crippen molar-refractivity contribution in [3.63, 3.8) is 0 Å². The molecule has 0 radical (unpaired) electrons. The standard InChI is InChI=1S/C13H17FNS.HI/c1-16-13(15-9-5-2-6-10-15)11-7-3-4-8-12(11)14;/h3-4,7-8H,2,5-6,9-10H2,1H3;1H/q+1;/p-1. The van der Waals surface area contributed by atoms with Crippen LogP contribution in [0.5, 0.6) is 0 Å². The Bertz CT molecular complexity index is 398. The van der Waals surface area contributed by atoms with E-state index in [1.807, 2.05) is 18.4 Å². The van der Waals surface area contributed by atoms with E-state index in [4.69, 9.17) is 0 Å². The number of hydrogen-bond donors (Lipinski definition) is 0. The monoisotopic (exact) mass is 365 g/mol. The Morgan fingerprint density at radius 3 is 2.41 bits per heavy atom. The molecule has 94 valence electrons. The van der Waals surface area contributed by atoms with E-state index in [0.29, 0.717) is 0 Å². The minimum Gasteiger partial charge on any atom is -1.00 e.